The number of carboxylic acid groups (broad SMARTS) is 1. The van der Waals surface area contributed by atoms with Gasteiger partial charge in [-0.15, -0.1) is 0 Å². The Balaban J connectivity index is 3.48. The second-order valence-corrected chi connectivity index (χ2v) is 8.68. The average Bonchev–Trinajstić information content (AvgIpc) is 2.77. The van der Waals surface area contributed by atoms with E-state index in [4.69, 9.17) is 9.47 Å². The summed E-state index contributed by atoms with van der Waals surface area (Å²) in [5.41, 5.74) is 3.06. The van der Waals surface area contributed by atoms with E-state index in [1.54, 1.807) is 0 Å². The van der Waals surface area contributed by atoms with E-state index in [0.717, 1.165) is 93.7 Å². The third kappa shape index (κ3) is 9.30. The third-order valence-corrected chi connectivity index (χ3v) is 6.03. The van der Waals surface area contributed by atoms with Gasteiger partial charge in [-0.2, -0.15) is 0 Å². The molecule has 1 rings (SSSR count). The van der Waals surface area contributed by atoms with E-state index in [9.17, 15) is 15.0 Å². The van der Waals surface area contributed by atoms with Crippen LogP contribution in [0.2, 0.25) is 0 Å². The van der Waals surface area contributed by atoms with Crippen LogP contribution >= 0.6 is 0 Å². The van der Waals surface area contributed by atoms with E-state index in [1.165, 1.54) is 19.3 Å². The standard InChI is InChI=1S/C27H46O5/c1-5-9-12-15-18-21-22(19-16-13-10-6-2)24(28)26(32-27(29)30)25(31-8-4)23(21)20-17-14-11-7-3/h28H,5-20H2,1-4H3,(H,29,30). The van der Waals surface area contributed by atoms with Gasteiger partial charge in [0.2, 0.25) is 5.75 Å². The maximum Gasteiger partial charge on any atom is 0.511 e. The predicted molar refractivity (Wildman–Crippen MR) is 131 cm³/mol. The fraction of sp³-hybridized carbons (Fsp3) is 0.741. The molecule has 184 valence electrons. The average molecular weight is 451 g/mol. The maximum atomic E-state index is 11.4. The van der Waals surface area contributed by atoms with Gasteiger partial charge in [-0.3, -0.25) is 0 Å². The first-order chi connectivity index (χ1) is 15.5. The molecule has 0 aromatic heterocycles. The number of hydrogen-bond acceptors (Lipinski definition) is 4. The Morgan fingerprint density at radius 1 is 0.656 bits per heavy atom. The molecule has 0 spiro atoms. The molecular weight excluding hydrogens is 404 g/mol. The summed E-state index contributed by atoms with van der Waals surface area (Å²) < 4.78 is 11.0. The first-order valence-corrected chi connectivity index (χ1v) is 12.9. The molecule has 0 amide bonds. The first kappa shape index (κ1) is 28.1. The van der Waals surface area contributed by atoms with Crippen LogP contribution in [0.4, 0.5) is 4.79 Å². The number of carbonyl (C=O) groups is 1. The first-order valence-electron chi connectivity index (χ1n) is 12.9. The van der Waals surface area contributed by atoms with Crippen molar-refractivity contribution in [1.82, 2.24) is 0 Å². The smallest absolute Gasteiger partial charge is 0.504 e. The second kappa shape index (κ2) is 16.7. The van der Waals surface area contributed by atoms with E-state index in [1.807, 2.05) is 6.92 Å². The van der Waals surface area contributed by atoms with E-state index in [0.29, 0.717) is 12.4 Å². The largest absolute Gasteiger partial charge is 0.511 e. The Kier molecular flexibility index (Phi) is 14.7. The molecule has 0 aliphatic heterocycles. The molecule has 0 aliphatic carbocycles. The molecule has 0 aliphatic rings. The number of phenolic OH excluding ortho intramolecular Hbond substituents is 1. The van der Waals surface area contributed by atoms with Crippen LogP contribution in [0.15, 0.2) is 0 Å². The summed E-state index contributed by atoms with van der Waals surface area (Å²) in [6.07, 6.45) is 14.4. The van der Waals surface area contributed by atoms with E-state index >= 15 is 0 Å². The van der Waals surface area contributed by atoms with Gasteiger partial charge in [0.15, 0.2) is 11.5 Å². The summed E-state index contributed by atoms with van der Waals surface area (Å²) in [4.78, 5) is 11.4. The quantitative estimate of drug-likeness (QED) is 0.134. The number of aromatic hydroxyl groups is 1. The number of rotatable bonds is 18. The molecule has 5 heteroatoms. The number of hydrogen-bond donors (Lipinski definition) is 2. The summed E-state index contributed by atoms with van der Waals surface area (Å²) in [6, 6.07) is 0. The van der Waals surface area contributed by atoms with Crippen LogP contribution in [0.3, 0.4) is 0 Å². The lowest BCUT2D eigenvalue weighted by Crippen LogP contribution is -2.12. The topological polar surface area (TPSA) is 76.0 Å². The fourth-order valence-electron chi connectivity index (χ4n) is 4.34. The number of unbranched alkanes of at least 4 members (excludes halogenated alkanes) is 9. The lowest BCUT2D eigenvalue weighted by molar-refractivity contribution is 0.140. The molecule has 0 bridgehead atoms. The van der Waals surface area contributed by atoms with Crippen molar-refractivity contribution in [3.8, 4) is 17.2 Å². The maximum absolute atomic E-state index is 11.4. The summed E-state index contributed by atoms with van der Waals surface area (Å²) in [7, 11) is 0. The van der Waals surface area contributed by atoms with Gasteiger partial charge in [0.25, 0.3) is 0 Å². The Morgan fingerprint density at radius 2 is 1.12 bits per heavy atom. The Morgan fingerprint density at radius 3 is 1.56 bits per heavy atom. The van der Waals surface area contributed by atoms with Crippen molar-refractivity contribution >= 4 is 6.16 Å². The van der Waals surface area contributed by atoms with E-state index in [2.05, 4.69) is 20.8 Å². The minimum atomic E-state index is -1.43. The van der Waals surface area contributed by atoms with Gasteiger partial charge in [0.1, 0.15) is 0 Å². The molecule has 5 nitrogen and oxygen atoms in total. The van der Waals surface area contributed by atoms with Crippen molar-refractivity contribution in [2.45, 2.75) is 124 Å². The zero-order valence-corrected chi connectivity index (χ0v) is 20.9. The van der Waals surface area contributed by atoms with Crippen molar-refractivity contribution in [1.29, 1.82) is 0 Å². The lowest BCUT2D eigenvalue weighted by Gasteiger charge is -2.23. The third-order valence-electron chi connectivity index (χ3n) is 6.03. The molecule has 0 atom stereocenters. The van der Waals surface area contributed by atoms with Crippen molar-refractivity contribution in [3.05, 3.63) is 16.7 Å². The lowest BCUT2D eigenvalue weighted by atomic mass is 9.88. The van der Waals surface area contributed by atoms with Crippen LogP contribution in [-0.2, 0) is 19.3 Å². The highest BCUT2D eigenvalue weighted by Gasteiger charge is 2.27. The summed E-state index contributed by atoms with van der Waals surface area (Å²) >= 11 is 0. The minimum absolute atomic E-state index is 0.0207. The molecule has 2 N–H and O–H groups in total. The van der Waals surface area contributed by atoms with Crippen LogP contribution < -0.4 is 9.47 Å². The molecule has 0 saturated carbocycles. The highest BCUT2D eigenvalue weighted by molar-refractivity contribution is 5.70. The highest BCUT2D eigenvalue weighted by atomic mass is 16.7. The Hall–Kier alpha value is -1.91. The molecule has 0 radical (unpaired) electrons. The van der Waals surface area contributed by atoms with E-state index in [-0.39, 0.29) is 11.5 Å². The van der Waals surface area contributed by atoms with Crippen LogP contribution in [0.25, 0.3) is 0 Å². The van der Waals surface area contributed by atoms with Gasteiger partial charge >= 0.3 is 6.16 Å². The van der Waals surface area contributed by atoms with Crippen molar-refractivity contribution in [3.63, 3.8) is 0 Å². The number of phenols is 1. The second-order valence-electron chi connectivity index (χ2n) is 8.68. The van der Waals surface area contributed by atoms with Crippen LogP contribution in [0, 0.1) is 0 Å². The zero-order chi connectivity index (χ0) is 23.8. The Labute approximate surface area is 195 Å². The van der Waals surface area contributed by atoms with Gasteiger partial charge in [0.05, 0.1) is 6.61 Å². The molecule has 0 unspecified atom stereocenters. The van der Waals surface area contributed by atoms with Crippen LogP contribution in [-0.4, -0.2) is 23.0 Å². The van der Waals surface area contributed by atoms with Crippen LogP contribution in [0.1, 0.15) is 121 Å². The summed E-state index contributed by atoms with van der Waals surface area (Å²) in [6.45, 7) is 8.85. The monoisotopic (exact) mass is 450 g/mol. The predicted octanol–water partition coefficient (Wildman–Crippen LogP) is 8.22. The van der Waals surface area contributed by atoms with E-state index < -0.39 is 6.16 Å². The normalized spacial score (nSPS) is 11.0. The van der Waals surface area contributed by atoms with Crippen molar-refractivity contribution in [2.75, 3.05) is 6.61 Å². The van der Waals surface area contributed by atoms with Gasteiger partial charge in [-0.1, -0.05) is 78.6 Å². The molecule has 0 saturated heterocycles. The summed E-state index contributed by atoms with van der Waals surface area (Å²) in [5, 5.41) is 20.5. The fourth-order valence-corrected chi connectivity index (χ4v) is 4.34. The summed E-state index contributed by atoms with van der Waals surface area (Å²) in [5.74, 6) is 0.356. The highest BCUT2D eigenvalue weighted by Crippen LogP contribution is 2.47. The van der Waals surface area contributed by atoms with Gasteiger partial charge < -0.3 is 19.7 Å². The van der Waals surface area contributed by atoms with Crippen molar-refractivity contribution < 1.29 is 24.5 Å². The Bertz CT molecular complexity index is 669. The molecule has 0 heterocycles. The zero-order valence-electron chi connectivity index (χ0n) is 20.9. The number of ether oxygens (including phenoxy) is 2. The number of benzene rings is 1. The van der Waals surface area contributed by atoms with Crippen LogP contribution in [0.5, 0.6) is 17.2 Å². The molecule has 0 fully saturated rings. The minimum Gasteiger partial charge on any atom is -0.504 e. The SMILES string of the molecule is CCCCCCc1c(O)c(OC(=O)O)c(OCC)c(CCCCCC)c1CCCCCC. The van der Waals surface area contributed by atoms with Gasteiger partial charge in [0, 0.05) is 11.1 Å². The molecule has 1 aromatic carbocycles. The molecule has 32 heavy (non-hydrogen) atoms. The van der Waals surface area contributed by atoms with Gasteiger partial charge in [-0.25, -0.2) is 4.79 Å². The molecular formula is C27H46O5. The van der Waals surface area contributed by atoms with Gasteiger partial charge in [-0.05, 0) is 51.0 Å². The molecule has 1 aromatic rings. The van der Waals surface area contributed by atoms with Crippen molar-refractivity contribution in [2.24, 2.45) is 0 Å².